The zero-order chi connectivity index (χ0) is 17.3. The largest absolute Gasteiger partial charge is 0.368 e. The number of nitrogens with zero attached hydrogens (tertiary/aromatic N) is 3. The fourth-order valence-electron chi connectivity index (χ4n) is 2.95. The summed E-state index contributed by atoms with van der Waals surface area (Å²) >= 11 is 0. The lowest BCUT2D eigenvalue weighted by atomic mass is 10.1. The van der Waals surface area contributed by atoms with Gasteiger partial charge in [-0.05, 0) is 24.8 Å². The molecule has 6 nitrogen and oxygen atoms in total. The summed E-state index contributed by atoms with van der Waals surface area (Å²) in [7, 11) is 0. The highest BCUT2D eigenvalue weighted by molar-refractivity contribution is 5.76. The van der Waals surface area contributed by atoms with E-state index in [-0.39, 0.29) is 5.91 Å². The second-order valence-electron chi connectivity index (χ2n) is 6.22. The van der Waals surface area contributed by atoms with Crippen LogP contribution in [0.3, 0.4) is 0 Å². The summed E-state index contributed by atoms with van der Waals surface area (Å²) in [6.07, 6.45) is 5.32. The molecule has 0 saturated carbocycles. The number of anilines is 2. The van der Waals surface area contributed by atoms with Crippen LogP contribution in [0.4, 0.5) is 11.6 Å². The molecule has 0 radical (unpaired) electrons. The van der Waals surface area contributed by atoms with Crippen molar-refractivity contribution in [3.8, 4) is 0 Å². The number of carbonyl (C=O) groups excluding carboxylic acids is 1. The molecule has 1 amide bonds. The summed E-state index contributed by atoms with van der Waals surface area (Å²) in [6.45, 7) is 3.35. The molecule has 0 aliphatic carbocycles. The Hall–Kier alpha value is -2.63. The van der Waals surface area contributed by atoms with E-state index in [1.54, 1.807) is 6.33 Å². The van der Waals surface area contributed by atoms with Crippen LogP contribution in [0.1, 0.15) is 24.8 Å². The second kappa shape index (κ2) is 9.01. The lowest BCUT2D eigenvalue weighted by Gasteiger charge is -2.16. The molecular formula is C19H25N5O. The zero-order valence-corrected chi connectivity index (χ0v) is 14.4. The third-order valence-corrected chi connectivity index (χ3v) is 4.32. The maximum absolute atomic E-state index is 11.9. The molecule has 6 heteroatoms. The summed E-state index contributed by atoms with van der Waals surface area (Å²) in [6, 6.07) is 12.0. The Morgan fingerprint density at radius 1 is 1.08 bits per heavy atom. The number of hydrogen-bond acceptors (Lipinski definition) is 5. The topological polar surface area (TPSA) is 70.2 Å². The van der Waals surface area contributed by atoms with E-state index in [4.69, 9.17) is 0 Å². The maximum Gasteiger partial charge on any atom is 0.220 e. The number of carbonyl (C=O) groups is 1. The van der Waals surface area contributed by atoms with Crippen molar-refractivity contribution >= 4 is 17.5 Å². The van der Waals surface area contributed by atoms with E-state index in [9.17, 15) is 4.79 Å². The standard InChI is InChI=1S/C19H25N5O/c25-19(9-8-16-6-2-1-3-7-16)21-11-10-20-17-14-18(23-15-22-17)24-12-4-5-13-24/h1-3,6-7,14-15H,4-5,8-13H2,(H,21,25)(H,20,22,23). The molecule has 1 aliphatic heterocycles. The minimum absolute atomic E-state index is 0.0751. The highest BCUT2D eigenvalue weighted by atomic mass is 16.1. The quantitative estimate of drug-likeness (QED) is 0.722. The van der Waals surface area contributed by atoms with E-state index < -0.39 is 0 Å². The van der Waals surface area contributed by atoms with Crippen LogP contribution in [0.25, 0.3) is 0 Å². The minimum atomic E-state index is 0.0751. The summed E-state index contributed by atoms with van der Waals surface area (Å²) in [5.74, 6) is 1.85. The Balaban J connectivity index is 1.35. The normalized spacial score (nSPS) is 13.7. The number of rotatable bonds is 8. The first-order valence-corrected chi connectivity index (χ1v) is 8.93. The summed E-state index contributed by atoms with van der Waals surface area (Å²) in [4.78, 5) is 22.7. The van der Waals surface area contributed by atoms with Crippen molar-refractivity contribution in [1.82, 2.24) is 15.3 Å². The van der Waals surface area contributed by atoms with E-state index in [1.807, 2.05) is 36.4 Å². The molecule has 1 aliphatic rings. The minimum Gasteiger partial charge on any atom is -0.368 e. The smallest absolute Gasteiger partial charge is 0.220 e. The number of amides is 1. The summed E-state index contributed by atoms with van der Waals surface area (Å²) in [5, 5.41) is 6.18. The van der Waals surface area contributed by atoms with Gasteiger partial charge in [-0.1, -0.05) is 30.3 Å². The predicted octanol–water partition coefficient (Wildman–Crippen LogP) is 2.24. The van der Waals surface area contributed by atoms with Crippen LogP contribution in [0.2, 0.25) is 0 Å². The fraction of sp³-hybridized carbons (Fsp3) is 0.421. The Morgan fingerprint density at radius 3 is 2.68 bits per heavy atom. The van der Waals surface area contributed by atoms with Crippen LogP contribution in [0.5, 0.6) is 0 Å². The van der Waals surface area contributed by atoms with Crippen LogP contribution in [0, 0.1) is 0 Å². The van der Waals surface area contributed by atoms with E-state index in [1.165, 1.54) is 18.4 Å². The van der Waals surface area contributed by atoms with Crippen molar-refractivity contribution in [2.24, 2.45) is 0 Å². The Morgan fingerprint density at radius 2 is 1.88 bits per heavy atom. The van der Waals surface area contributed by atoms with Gasteiger partial charge in [-0.2, -0.15) is 0 Å². The molecule has 2 heterocycles. The molecule has 0 bridgehead atoms. The van der Waals surface area contributed by atoms with E-state index in [0.29, 0.717) is 19.5 Å². The van der Waals surface area contributed by atoms with Crippen molar-refractivity contribution in [2.75, 3.05) is 36.4 Å². The van der Waals surface area contributed by atoms with Crippen molar-refractivity contribution in [1.29, 1.82) is 0 Å². The average molecular weight is 339 g/mol. The lowest BCUT2D eigenvalue weighted by Crippen LogP contribution is -2.29. The van der Waals surface area contributed by atoms with E-state index >= 15 is 0 Å². The van der Waals surface area contributed by atoms with Crippen molar-refractivity contribution in [3.05, 3.63) is 48.3 Å². The third kappa shape index (κ3) is 5.45. The Labute approximate surface area is 148 Å². The maximum atomic E-state index is 11.9. The molecule has 0 atom stereocenters. The van der Waals surface area contributed by atoms with Crippen molar-refractivity contribution < 1.29 is 4.79 Å². The first-order valence-electron chi connectivity index (χ1n) is 8.93. The zero-order valence-electron chi connectivity index (χ0n) is 14.4. The van der Waals surface area contributed by atoms with Crippen LogP contribution in [-0.2, 0) is 11.2 Å². The average Bonchev–Trinajstić information content (AvgIpc) is 3.19. The molecule has 1 aromatic heterocycles. The summed E-state index contributed by atoms with van der Waals surface area (Å²) in [5.41, 5.74) is 1.19. The van der Waals surface area contributed by atoms with Gasteiger partial charge in [-0.15, -0.1) is 0 Å². The fourth-order valence-corrected chi connectivity index (χ4v) is 2.95. The third-order valence-electron chi connectivity index (χ3n) is 4.32. The molecule has 0 spiro atoms. The second-order valence-corrected chi connectivity index (χ2v) is 6.22. The van der Waals surface area contributed by atoms with Gasteiger partial charge in [0.25, 0.3) is 0 Å². The molecule has 25 heavy (non-hydrogen) atoms. The first-order chi connectivity index (χ1) is 12.3. The number of aryl methyl sites for hydroxylation is 1. The van der Waals surface area contributed by atoms with Crippen LogP contribution in [-0.4, -0.2) is 42.1 Å². The molecule has 1 aromatic carbocycles. The van der Waals surface area contributed by atoms with Gasteiger partial charge < -0.3 is 15.5 Å². The number of hydrogen-bond donors (Lipinski definition) is 2. The first kappa shape index (κ1) is 17.2. The molecule has 132 valence electrons. The Bertz CT molecular complexity index is 671. The summed E-state index contributed by atoms with van der Waals surface area (Å²) < 4.78 is 0. The van der Waals surface area contributed by atoms with Gasteiger partial charge >= 0.3 is 0 Å². The van der Waals surface area contributed by atoms with Gasteiger partial charge in [0.2, 0.25) is 5.91 Å². The molecule has 2 aromatic rings. The number of benzene rings is 1. The lowest BCUT2D eigenvalue weighted by molar-refractivity contribution is -0.120. The Kier molecular flexibility index (Phi) is 6.20. The van der Waals surface area contributed by atoms with Crippen LogP contribution >= 0.6 is 0 Å². The highest BCUT2D eigenvalue weighted by Crippen LogP contribution is 2.18. The SMILES string of the molecule is O=C(CCc1ccccc1)NCCNc1cc(N2CCCC2)ncn1. The molecule has 3 rings (SSSR count). The van der Waals surface area contributed by atoms with Gasteiger partial charge in [0.05, 0.1) is 0 Å². The van der Waals surface area contributed by atoms with Gasteiger partial charge in [-0.3, -0.25) is 4.79 Å². The van der Waals surface area contributed by atoms with Crippen LogP contribution < -0.4 is 15.5 Å². The molecule has 1 fully saturated rings. The molecule has 1 saturated heterocycles. The predicted molar refractivity (Wildman–Crippen MR) is 99.7 cm³/mol. The van der Waals surface area contributed by atoms with Crippen molar-refractivity contribution in [2.45, 2.75) is 25.7 Å². The van der Waals surface area contributed by atoms with Gasteiger partial charge in [0.1, 0.15) is 18.0 Å². The number of nitrogens with one attached hydrogen (secondary N) is 2. The molecule has 2 N–H and O–H groups in total. The molecule has 0 unspecified atom stereocenters. The highest BCUT2D eigenvalue weighted by Gasteiger charge is 2.13. The van der Waals surface area contributed by atoms with Crippen molar-refractivity contribution in [3.63, 3.8) is 0 Å². The van der Waals surface area contributed by atoms with Crippen LogP contribution in [0.15, 0.2) is 42.7 Å². The van der Waals surface area contributed by atoms with Gasteiger partial charge in [0.15, 0.2) is 0 Å². The number of aromatic nitrogens is 2. The monoisotopic (exact) mass is 339 g/mol. The van der Waals surface area contributed by atoms with Gasteiger partial charge in [0, 0.05) is 38.7 Å². The van der Waals surface area contributed by atoms with Gasteiger partial charge in [-0.25, -0.2) is 9.97 Å². The van der Waals surface area contributed by atoms with E-state index in [0.717, 1.165) is 31.1 Å². The molecular weight excluding hydrogens is 314 g/mol. The van der Waals surface area contributed by atoms with E-state index in [2.05, 4.69) is 25.5 Å².